The van der Waals surface area contributed by atoms with Gasteiger partial charge in [-0.05, 0) is 31.0 Å². The number of carbonyl (C=O) groups is 1. The molecule has 2 aromatic heterocycles. The first-order chi connectivity index (χ1) is 10.6. The Morgan fingerprint density at radius 2 is 2.14 bits per heavy atom. The van der Waals surface area contributed by atoms with Crippen LogP contribution in [0.15, 0.2) is 16.9 Å². The van der Waals surface area contributed by atoms with E-state index in [-0.39, 0.29) is 11.2 Å². The number of aromatic nitrogens is 4. The Hall–Kier alpha value is -2.70. The fourth-order valence-corrected chi connectivity index (χ4v) is 2.59. The van der Waals surface area contributed by atoms with Crippen LogP contribution in [0, 0.1) is 6.92 Å². The molecule has 0 atom stereocenters. The maximum absolute atomic E-state index is 12.2. The number of nitrogens with zero attached hydrogens (tertiary/aromatic N) is 3. The topological polar surface area (TPSA) is 89.4 Å². The number of benzene rings is 1. The highest BCUT2D eigenvalue weighted by atomic mass is 16.5. The van der Waals surface area contributed by atoms with E-state index in [9.17, 15) is 9.59 Å². The molecule has 3 rings (SSSR count). The first-order valence-electron chi connectivity index (χ1n) is 7.05. The molecule has 0 spiro atoms. The minimum Gasteiger partial charge on any atom is -0.465 e. The van der Waals surface area contributed by atoms with Crippen LogP contribution in [0.25, 0.3) is 16.7 Å². The Labute approximate surface area is 125 Å². The van der Waals surface area contributed by atoms with Gasteiger partial charge in [0, 0.05) is 6.42 Å². The zero-order valence-corrected chi connectivity index (χ0v) is 12.6. The molecular weight excluding hydrogens is 284 g/mol. The maximum Gasteiger partial charge on any atom is 0.338 e. The third kappa shape index (κ3) is 2.05. The van der Waals surface area contributed by atoms with Crippen molar-refractivity contribution >= 4 is 22.6 Å². The van der Waals surface area contributed by atoms with Crippen LogP contribution >= 0.6 is 0 Å². The number of H-pyrrole nitrogens is 1. The van der Waals surface area contributed by atoms with Crippen LogP contribution in [-0.4, -0.2) is 32.7 Å². The lowest BCUT2D eigenvalue weighted by Crippen LogP contribution is -2.13. The molecule has 2 heterocycles. The Kier molecular flexibility index (Phi) is 3.40. The fourth-order valence-electron chi connectivity index (χ4n) is 2.59. The number of methoxy groups -OCH3 is 1. The molecule has 0 aliphatic carbocycles. The summed E-state index contributed by atoms with van der Waals surface area (Å²) in [6.45, 7) is 3.86. The van der Waals surface area contributed by atoms with E-state index in [1.807, 2.05) is 19.9 Å². The second-order valence-electron chi connectivity index (χ2n) is 5.16. The number of aryl methyl sites for hydroxylation is 2. The molecule has 0 saturated carbocycles. The lowest BCUT2D eigenvalue weighted by atomic mass is 10.1. The third-order valence-corrected chi connectivity index (χ3v) is 3.64. The van der Waals surface area contributed by atoms with Gasteiger partial charge in [0.15, 0.2) is 0 Å². The molecule has 0 radical (unpaired) electrons. The summed E-state index contributed by atoms with van der Waals surface area (Å²) in [5, 5.41) is 8.07. The van der Waals surface area contributed by atoms with Gasteiger partial charge in [0.25, 0.3) is 5.56 Å². The molecule has 0 fully saturated rings. The minimum absolute atomic E-state index is 0.265. The molecule has 1 aromatic carbocycles. The van der Waals surface area contributed by atoms with Crippen molar-refractivity contribution in [1.29, 1.82) is 0 Å². The van der Waals surface area contributed by atoms with E-state index >= 15 is 0 Å². The summed E-state index contributed by atoms with van der Waals surface area (Å²) >= 11 is 0. The molecular formula is C15H16N4O3. The summed E-state index contributed by atoms with van der Waals surface area (Å²) in [4.78, 5) is 26.7. The average Bonchev–Trinajstić information content (AvgIpc) is 2.92. The van der Waals surface area contributed by atoms with Gasteiger partial charge in [-0.15, -0.1) is 10.2 Å². The second kappa shape index (κ2) is 5.25. The molecule has 7 nitrogen and oxygen atoms in total. The van der Waals surface area contributed by atoms with Crippen molar-refractivity contribution in [2.24, 2.45) is 0 Å². The van der Waals surface area contributed by atoms with E-state index in [1.54, 1.807) is 10.5 Å². The summed E-state index contributed by atoms with van der Waals surface area (Å²) < 4.78 is 6.52. The smallest absolute Gasteiger partial charge is 0.338 e. The molecule has 0 amide bonds. The Morgan fingerprint density at radius 1 is 1.36 bits per heavy atom. The number of nitrogens with one attached hydrogen (secondary N) is 1. The molecule has 0 saturated heterocycles. The molecule has 0 aliphatic rings. The molecule has 1 N–H and O–H groups in total. The van der Waals surface area contributed by atoms with Gasteiger partial charge in [-0.2, -0.15) is 0 Å². The third-order valence-electron chi connectivity index (χ3n) is 3.64. The van der Waals surface area contributed by atoms with Crippen molar-refractivity contribution in [3.63, 3.8) is 0 Å². The minimum atomic E-state index is -0.433. The number of rotatable bonds is 3. The summed E-state index contributed by atoms with van der Waals surface area (Å²) in [5.41, 5.74) is 2.45. The van der Waals surface area contributed by atoms with Crippen LogP contribution in [0.1, 0.15) is 35.1 Å². The molecule has 0 bridgehead atoms. The molecule has 0 unspecified atom stereocenters. The number of esters is 1. The Balaban J connectivity index is 2.41. The lowest BCUT2D eigenvalue weighted by Gasteiger charge is -2.09. The average molecular weight is 300 g/mol. The van der Waals surface area contributed by atoms with Crippen LogP contribution in [-0.2, 0) is 11.2 Å². The normalized spacial score (nSPS) is 11.2. The summed E-state index contributed by atoms with van der Waals surface area (Å²) in [6.07, 6.45) is 1.62. The number of hydrogen-bond acceptors (Lipinski definition) is 5. The van der Waals surface area contributed by atoms with Crippen LogP contribution in [0.4, 0.5) is 0 Å². The van der Waals surface area contributed by atoms with E-state index in [4.69, 9.17) is 4.74 Å². The summed E-state index contributed by atoms with van der Waals surface area (Å²) in [5.74, 6) is 0.303. The largest absolute Gasteiger partial charge is 0.465 e. The SMILES string of the molecule is CCCc1nnc2c(=O)[nH]c3cc(C(=O)OC)c(C)cc3n12. The van der Waals surface area contributed by atoms with E-state index in [1.165, 1.54) is 7.11 Å². The monoisotopic (exact) mass is 300 g/mol. The first-order valence-corrected chi connectivity index (χ1v) is 7.05. The second-order valence-corrected chi connectivity index (χ2v) is 5.16. The number of carbonyl (C=O) groups excluding carboxylic acids is 1. The van der Waals surface area contributed by atoms with Gasteiger partial charge in [-0.3, -0.25) is 9.20 Å². The van der Waals surface area contributed by atoms with Crippen LogP contribution in [0.2, 0.25) is 0 Å². The first kappa shape index (κ1) is 14.2. The Morgan fingerprint density at radius 3 is 2.82 bits per heavy atom. The van der Waals surface area contributed by atoms with Crippen molar-refractivity contribution < 1.29 is 9.53 Å². The fraction of sp³-hybridized carbons (Fsp3) is 0.333. The van der Waals surface area contributed by atoms with Gasteiger partial charge >= 0.3 is 5.97 Å². The molecule has 114 valence electrons. The van der Waals surface area contributed by atoms with Crippen molar-refractivity contribution in [2.75, 3.05) is 7.11 Å². The van der Waals surface area contributed by atoms with Crippen molar-refractivity contribution in [1.82, 2.24) is 19.6 Å². The molecule has 22 heavy (non-hydrogen) atoms. The molecule has 0 aliphatic heterocycles. The quantitative estimate of drug-likeness (QED) is 0.742. The molecule has 3 aromatic rings. The highest BCUT2D eigenvalue weighted by Crippen LogP contribution is 2.20. The molecule has 7 heteroatoms. The lowest BCUT2D eigenvalue weighted by molar-refractivity contribution is 0.0600. The van der Waals surface area contributed by atoms with Crippen LogP contribution in [0.5, 0.6) is 0 Å². The van der Waals surface area contributed by atoms with E-state index in [0.29, 0.717) is 11.1 Å². The predicted octanol–water partition coefficient (Wildman–Crippen LogP) is 1.62. The van der Waals surface area contributed by atoms with Crippen molar-refractivity contribution in [3.8, 4) is 0 Å². The standard InChI is InChI=1S/C15H16N4O3/c1-4-5-12-17-18-13-14(20)16-10-7-9(15(21)22-3)8(2)6-11(10)19(12)13/h6-7H,4-5H2,1-3H3,(H,16,20). The highest BCUT2D eigenvalue weighted by Gasteiger charge is 2.16. The number of ether oxygens (including phenoxy) is 1. The van der Waals surface area contributed by atoms with E-state index in [2.05, 4.69) is 15.2 Å². The van der Waals surface area contributed by atoms with Gasteiger partial charge in [0.1, 0.15) is 5.82 Å². The predicted molar refractivity (Wildman–Crippen MR) is 81.2 cm³/mol. The summed E-state index contributed by atoms with van der Waals surface area (Å²) in [7, 11) is 1.33. The zero-order valence-electron chi connectivity index (χ0n) is 12.6. The van der Waals surface area contributed by atoms with E-state index < -0.39 is 5.97 Å². The van der Waals surface area contributed by atoms with Crippen molar-refractivity contribution in [3.05, 3.63) is 39.4 Å². The van der Waals surface area contributed by atoms with Crippen LogP contribution in [0.3, 0.4) is 0 Å². The van der Waals surface area contributed by atoms with Gasteiger partial charge in [-0.25, -0.2) is 4.79 Å². The van der Waals surface area contributed by atoms with Crippen LogP contribution < -0.4 is 5.56 Å². The van der Waals surface area contributed by atoms with E-state index in [0.717, 1.165) is 29.7 Å². The number of fused-ring (bicyclic) bond motifs is 3. The van der Waals surface area contributed by atoms with Gasteiger partial charge < -0.3 is 9.72 Å². The number of aromatic amines is 1. The van der Waals surface area contributed by atoms with Gasteiger partial charge in [0.05, 0.1) is 23.7 Å². The van der Waals surface area contributed by atoms with Gasteiger partial charge in [-0.1, -0.05) is 6.92 Å². The Bertz CT molecular complexity index is 939. The van der Waals surface area contributed by atoms with Gasteiger partial charge in [0.2, 0.25) is 5.65 Å². The van der Waals surface area contributed by atoms with Crippen molar-refractivity contribution in [2.45, 2.75) is 26.7 Å². The number of hydrogen-bond donors (Lipinski definition) is 1. The highest BCUT2D eigenvalue weighted by molar-refractivity contribution is 5.95. The maximum atomic E-state index is 12.2. The summed E-state index contributed by atoms with van der Waals surface area (Å²) in [6, 6.07) is 3.47. The zero-order chi connectivity index (χ0) is 15.9.